The Morgan fingerprint density at radius 3 is 2.27 bits per heavy atom. The van der Waals surface area contributed by atoms with Crippen LogP contribution in [0, 0.1) is 0 Å². The lowest BCUT2D eigenvalue weighted by molar-refractivity contribution is -0.155. The summed E-state index contributed by atoms with van der Waals surface area (Å²) in [6.07, 6.45) is 0.0938. The van der Waals surface area contributed by atoms with Gasteiger partial charge < -0.3 is 9.71 Å². The largest absolute Gasteiger partial charge is 0.393 e. The number of alkyl halides is 2. The van der Waals surface area contributed by atoms with Gasteiger partial charge in [0.25, 0.3) is 11.8 Å². The topological polar surface area (TPSA) is 86.8 Å². The third-order valence-corrected chi connectivity index (χ3v) is 7.69. The van der Waals surface area contributed by atoms with Crippen LogP contribution >= 0.6 is 11.6 Å². The van der Waals surface area contributed by atoms with Crippen LogP contribution in [0.2, 0.25) is 10.2 Å². The fourth-order valence-corrected chi connectivity index (χ4v) is 5.18. The maximum Gasteiger partial charge on any atom is 0.348 e. The van der Waals surface area contributed by atoms with Gasteiger partial charge in [-0.2, -0.15) is 8.78 Å². The van der Waals surface area contributed by atoms with Crippen molar-refractivity contribution in [3.8, 4) is 0 Å². The molecule has 0 aliphatic carbocycles. The Labute approximate surface area is 222 Å². The van der Waals surface area contributed by atoms with Crippen LogP contribution < -0.4 is 5.32 Å². The number of fused-ring (bicyclic) bond motifs is 1. The van der Waals surface area contributed by atoms with E-state index in [9.17, 15) is 19.2 Å². The lowest BCUT2D eigenvalue weighted by Gasteiger charge is -2.42. The van der Waals surface area contributed by atoms with Crippen molar-refractivity contribution < 1.29 is 28.0 Å². The molecule has 0 radical (unpaired) electrons. The molecule has 4 rings (SSSR count). The molecular formula is C22H23B5ClF2N3O4. The van der Waals surface area contributed by atoms with Crippen molar-refractivity contribution in [2.75, 3.05) is 0 Å². The van der Waals surface area contributed by atoms with E-state index in [1.807, 2.05) is 0 Å². The number of piperidine rings is 1. The second kappa shape index (κ2) is 9.08. The molecule has 1 N–H and O–H groups in total. The molecule has 15 heteroatoms. The molecule has 4 amide bonds. The average molecular weight is 521 g/mol. The zero-order valence-electron chi connectivity index (χ0n) is 21.2. The minimum Gasteiger partial charge on any atom is -0.393 e. The third-order valence-electron chi connectivity index (χ3n) is 7.44. The van der Waals surface area contributed by atoms with E-state index in [4.69, 9.17) is 11.6 Å². The first-order valence-electron chi connectivity index (χ1n) is 11.8. The molecule has 0 aromatic heterocycles. The summed E-state index contributed by atoms with van der Waals surface area (Å²) in [6.45, 7) is 0.117. The highest BCUT2D eigenvalue weighted by Crippen LogP contribution is 2.39. The quantitative estimate of drug-likeness (QED) is 0.353. The van der Waals surface area contributed by atoms with E-state index in [1.54, 1.807) is 49.6 Å². The number of amides is 4. The lowest BCUT2D eigenvalue weighted by atomic mass is 9.47. The number of carbonyl (C=O) groups excluding carboxylic acids is 4. The van der Waals surface area contributed by atoms with Crippen molar-refractivity contribution in [2.45, 2.75) is 35.5 Å². The van der Waals surface area contributed by atoms with E-state index < -0.39 is 39.9 Å². The molecule has 2 aliphatic rings. The summed E-state index contributed by atoms with van der Waals surface area (Å²) in [4.78, 5) is 53.1. The second-order valence-corrected chi connectivity index (χ2v) is 11.2. The number of halogens is 3. The van der Waals surface area contributed by atoms with Crippen LogP contribution in [0.3, 0.4) is 0 Å². The molecular weight excluding hydrogens is 498 g/mol. The molecule has 37 heavy (non-hydrogen) atoms. The van der Waals surface area contributed by atoms with Crippen LogP contribution in [0.15, 0.2) is 42.5 Å². The highest BCUT2D eigenvalue weighted by molar-refractivity contribution is 6.44. The molecule has 0 bridgehead atoms. The maximum atomic E-state index is 15.1. The molecule has 1 unspecified atom stereocenters. The fourth-order valence-electron chi connectivity index (χ4n) is 5.05. The summed E-state index contributed by atoms with van der Waals surface area (Å²) in [6, 6.07) is 8.91. The molecule has 1 saturated heterocycles. The summed E-state index contributed by atoms with van der Waals surface area (Å²) in [5.41, 5.74) is 1.08. The number of nitrogens with zero attached hydrogens (tertiary/aromatic N) is 2. The van der Waals surface area contributed by atoms with Gasteiger partial charge in [-0.05, 0) is 39.9 Å². The summed E-state index contributed by atoms with van der Waals surface area (Å²) in [5, 5.41) is 0.664. The van der Waals surface area contributed by atoms with Crippen LogP contribution in [0.25, 0.3) is 0 Å². The Balaban J connectivity index is 1.61. The summed E-state index contributed by atoms with van der Waals surface area (Å²) in [5.74, 6) is -6.43. The van der Waals surface area contributed by atoms with Crippen LogP contribution in [0.5, 0.6) is 0 Å². The number of nitrogens with one attached hydrogen (secondary N) is 1. The van der Waals surface area contributed by atoms with E-state index in [2.05, 4.69) is 5.32 Å². The zero-order valence-corrected chi connectivity index (χ0v) is 22.0. The molecule has 186 valence electrons. The molecule has 2 aromatic carbocycles. The van der Waals surface area contributed by atoms with E-state index in [-0.39, 0.29) is 29.8 Å². The van der Waals surface area contributed by atoms with Crippen molar-refractivity contribution in [3.05, 3.63) is 69.7 Å². The summed E-state index contributed by atoms with van der Waals surface area (Å²) in [7, 11) is 8.12. The zero-order chi connectivity index (χ0) is 27.5. The summed E-state index contributed by atoms with van der Waals surface area (Å²) < 4.78 is 30.2. The van der Waals surface area contributed by atoms with Crippen LogP contribution in [0.4, 0.5) is 8.78 Å². The highest BCUT2D eigenvalue weighted by atomic mass is 35.5. The lowest BCUT2D eigenvalue weighted by Crippen LogP contribution is -2.60. The first-order chi connectivity index (χ1) is 17.1. The Bertz CT molecular complexity index is 1330. The molecule has 2 heterocycles. The van der Waals surface area contributed by atoms with E-state index in [0.717, 1.165) is 16.9 Å². The number of hydrogen-bond acceptors (Lipinski definition) is 4. The first kappa shape index (κ1) is 27.0. The van der Waals surface area contributed by atoms with E-state index in [1.165, 1.54) is 25.0 Å². The normalized spacial score (nSPS) is 19.4. The Morgan fingerprint density at radius 1 is 1.08 bits per heavy atom. The highest BCUT2D eigenvalue weighted by Gasteiger charge is 2.49. The SMILES string of the molecule is BN(C(=O)C(F)(F)c1ccc(Cl)cc1)C(B)(B)c1ccc2c(c1)CN(C1C(=O)NC(=O)CC1(B)B)C2=O. The molecule has 7 nitrogen and oxygen atoms in total. The fraction of sp³-hybridized carbons (Fsp3) is 0.273. The molecule has 0 spiro atoms. The van der Waals surface area contributed by atoms with Gasteiger partial charge in [-0.3, -0.25) is 24.5 Å². The van der Waals surface area contributed by atoms with Gasteiger partial charge in [-0.15, -0.1) is 0 Å². The standard InChI is InChI=1S/C22H23B5ClF2N3O4/c23-20(24)8-15(34)31-17(35)16(20)32-9-10-7-12(3-6-14(10)18(32)36)22(25,26)33(27)19(37)21(29,30)11-1-4-13(28)5-2-11/h1-7,16H,8-9,23-27H2,(H,31,34,35). The van der Waals surface area contributed by atoms with Gasteiger partial charge in [-0.25, -0.2) is 0 Å². The Kier molecular flexibility index (Phi) is 6.63. The van der Waals surface area contributed by atoms with Gasteiger partial charge in [0.2, 0.25) is 19.8 Å². The van der Waals surface area contributed by atoms with Crippen LogP contribution in [-0.2, 0) is 32.2 Å². The maximum absolute atomic E-state index is 15.1. The molecule has 2 aromatic rings. The van der Waals surface area contributed by atoms with Gasteiger partial charge in [0.1, 0.15) is 37.4 Å². The minimum atomic E-state index is -3.78. The number of carbonyl (C=O) groups is 4. The van der Waals surface area contributed by atoms with Crippen molar-refractivity contribution in [1.82, 2.24) is 15.0 Å². The predicted molar refractivity (Wildman–Crippen MR) is 147 cm³/mol. The number of hydrogen-bond donors (Lipinski definition) is 1. The van der Waals surface area contributed by atoms with Crippen molar-refractivity contribution in [3.63, 3.8) is 0 Å². The molecule has 0 saturated carbocycles. The first-order valence-corrected chi connectivity index (χ1v) is 12.2. The molecule has 1 atom stereocenters. The predicted octanol–water partition coefficient (Wildman–Crippen LogP) is -2.36. The Morgan fingerprint density at radius 2 is 1.68 bits per heavy atom. The molecule has 1 fully saturated rings. The minimum absolute atomic E-state index is 0.0938. The molecule has 2 aliphatic heterocycles. The van der Waals surface area contributed by atoms with Gasteiger partial charge >= 0.3 is 5.92 Å². The second-order valence-electron chi connectivity index (χ2n) is 10.8. The van der Waals surface area contributed by atoms with Crippen LogP contribution in [0.1, 0.15) is 33.5 Å². The van der Waals surface area contributed by atoms with Crippen molar-refractivity contribution in [2.24, 2.45) is 0 Å². The van der Waals surface area contributed by atoms with Gasteiger partial charge in [0, 0.05) is 29.1 Å². The van der Waals surface area contributed by atoms with Crippen molar-refractivity contribution >= 4 is 74.6 Å². The Hall–Kier alpha value is -3.01. The number of rotatable bonds is 5. The monoisotopic (exact) mass is 521 g/mol. The van der Waals surface area contributed by atoms with Crippen LogP contribution in [-0.4, -0.2) is 78.7 Å². The van der Waals surface area contributed by atoms with Gasteiger partial charge in [-0.1, -0.05) is 35.9 Å². The van der Waals surface area contributed by atoms with E-state index in [0.29, 0.717) is 16.7 Å². The van der Waals surface area contributed by atoms with Gasteiger partial charge in [0.15, 0.2) is 0 Å². The van der Waals surface area contributed by atoms with Crippen molar-refractivity contribution in [1.29, 1.82) is 0 Å². The van der Waals surface area contributed by atoms with Gasteiger partial charge in [0.05, 0.1) is 0 Å². The average Bonchev–Trinajstić information content (AvgIpc) is 3.12. The smallest absolute Gasteiger partial charge is 0.348 e. The summed E-state index contributed by atoms with van der Waals surface area (Å²) >= 11 is 5.80. The number of benzene rings is 2. The number of imide groups is 1. The third kappa shape index (κ3) is 4.60. The van der Waals surface area contributed by atoms with E-state index >= 15 is 8.78 Å².